The zero-order valence-corrected chi connectivity index (χ0v) is 10.9. The molecule has 8 heteroatoms. The molecule has 1 aromatic carbocycles. The first-order chi connectivity index (χ1) is 9.90. The molecule has 4 nitrogen and oxygen atoms in total. The molecule has 0 unspecified atom stereocenters. The monoisotopic (exact) mass is 301 g/mol. The fraction of sp³-hybridized carbons (Fsp3) is 0.231. The lowest BCUT2D eigenvalue weighted by molar-refractivity contribution is -0.137. The predicted molar refractivity (Wildman–Crippen MR) is 67.7 cm³/mol. The molecule has 0 aliphatic rings. The number of aromatic nitrogens is 2. The van der Waals surface area contributed by atoms with Crippen LogP contribution in [0.2, 0.25) is 0 Å². The third-order valence-corrected chi connectivity index (χ3v) is 2.42. The van der Waals surface area contributed by atoms with Gasteiger partial charge in [0, 0.05) is 6.54 Å². The summed E-state index contributed by atoms with van der Waals surface area (Å²) in [5.41, 5.74) is -0.888. The number of hydrogen-bond acceptors (Lipinski definition) is 4. The van der Waals surface area contributed by atoms with E-state index in [2.05, 4.69) is 15.3 Å². The highest BCUT2D eigenvalue weighted by atomic mass is 19.4. The van der Waals surface area contributed by atoms with Gasteiger partial charge in [0.25, 0.3) is 5.88 Å². The Morgan fingerprint density at radius 2 is 2.05 bits per heavy atom. The number of benzene rings is 1. The van der Waals surface area contributed by atoms with E-state index in [1.165, 1.54) is 12.1 Å². The van der Waals surface area contributed by atoms with Crippen LogP contribution in [0.3, 0.4) is 0 Å². The van der Waals surface area contributed by atoms with E-state index in [1.54, 1.807) is 6.92 Å². The Kier molecular flexibility index (Phi) is 4.25. The van der Waals surface area contributed by atoms with Gasteiger partial charge in [0.1, 0.15) is 5.75 Å². The van der Waals surface area contributed by atoms with Gasteiger partial charge in [0.15, 0.2) is 0 Å². The molecule has 2 rings (SSSR count). The first-order valence-electron chi connectivity index (χ1n) is 6.01. The summed E-state index contributed by atoms with van der Waals surface area (Å²) < 4.78 is 56.4. The Bertz CT molecular complexity index is 631. The van der Waals surface area contributed by atoms with Gasteiger partial charge >= 0.3 is 6.18 Å². The minimum absolute atomic E-state index is 0.126. The van der Waals surface area contributed by atoms with E-state index < -0.39 is 23.4 Å². The SMILES string of the molecule is CCNc1ncc(F)c(Oc2cccc(C(F)(F)F)c2)n1. The standard InChI is InChI=1S/C13H11F4N3O/c1-2-18-12-19-7-10(14)11(20-12)21-9-5-3-4-8(6-9)13(15,16)17/h3-7H,2H2,1H3,(H,18,19,20). The topological polar surface area (TPSA) is 47.0 Å². The minimum Gasteiger partial charge on any atom is -0.436 e. The Morgan fingerprint density at radius 3 is 2.71 bits per heavy atom. The van der Waals surface area contributed by atoms with Gasteiger partial charge in [-0.15, -0.1) is 0 Å². The van der Waals surface area contributed by atoms with Crippen molar-refractivity contribution in [3.05, 3.63) is 41.8 Å². The Hall–Kier alpha value is -2.38. The van der Waals surface area contributed by atoms with Crippen LogP contribution in [0, 0.1) is 5.82 Å². The molecule has 0 aliphatic heterocycles. The number of nitrogens with zero attached hydrogens (tertiary/aromatic N) is 2. The number of ether oxygens (including phenoxy) is 1. The molecule has 0 fully saturated rings. The molecule has 0 atom stereocenters. The minimum atomic E-state index is -4.50. The number of alkyl halides is 3. The van der Waals surface area contributed by atoms with Gasteiger partial charge in [-0.2, -0.15) is 22.5 Å². The second kappa shape index (κ2) is 5.94. The van der Waals surface area contributed by atoms with E-state index in [1.807, 2.05) is 0 Å². The number of rotatable bonds is 4. The van der Waals surface area contributed by atoms with Crippen LogP contribution in [0.1, 0.15) is 12.5 Å². The highest BCUT2D eigenvalue weighted by molar-refractivity contribution is 5.35. The smallest absolute Gasteiger partial charge is 0.416 e. The molecule has 112 valence electrons. The van der Waals surface area contributed by atoms with Crippen molar-refractivity contribution in [2.45, 2.75) is 13.1 Å². The number of halogens is 4. The molecule has 0 saturated heterocycles. The normalized spacial score (nSPS) is 11.3. The van der Waals surface area contributed by atoms with Crippen molar-refractivity contribution in [2.24, 2.45) is 0 Å². The second-order valence-electron chi connectivity index (χ2n) is 4.00. The molecule has 0 bridgehead atoms. The van der Waals surface area contributed by atoms with Crippen LogP contribution >= 0.6 is 0 Å². The van der Waals surface area contributed by atoms with E-state index >= 15 is 0 Å². The summed E-state index contributed by atoms with van der Waals surface area (Å²) in [6, 6.07) is 4.12. The summed E-state index contributed by atoms with van der Waals surface area (Å²) in [6.45, 7) is 2.30. The van der Waals surface area contributed by atoms with Gasteiger partial charge in [-0.3, -0.25) is 0 Å². The van der Waals surface area contributed by atoms with Crippen LogP contribution in [0.15, 0.2) is 30.5 Å². The Balaban J connectivity index is 2.27. The zero-order valence-electron chi connectivity index (χ0n) is 10.9. The lowest BCUT2D eigenvalue weighted by atomic mass is 10.2. The van der Waals surface area contributed by atoms with E-state index in [-0.39, 0.29) is 11.7 Å². The molecule has 0 amide bonds. The number of nitrogens with one attached hydrogen (secondary N) is 1. The van der Waals surface area contributed by atoms with E-state index in [9.17, 15) is 17.6 Å². The maximum Gasteiger partial charge on any atom is 0.416 e. The summed E-state index contributed by atoms with van der Waals surface area (Å²) in [5.74, 6) is -1.35. The fourth-order valence-corrected chi connectivity index (χ4v) is 1.51. The van der Waals surface area contributed by atoms with E-state index in [0.29, 0.717) is 6.54 Å². The molecule has 2 aromatic rings. The third-order valence-electron chi connectivity index (χ3n) is 2.42. The fourth-order valence-electron chi connectivity index (χ4n) is 1.51. The quantitative estimate of drug-likeness (QED) is 0.871. The summed E-state index contributed by atoms with van der Waals surface area (Å²) in [6.07, 6.45) is -3.62. The first kappa shape index (κ1) is 15.0. The number of hydrogen-bond donors (Lipinski definition) is 1. The van der Waals surface area contributed by atoms with Gasteiger partial charge in [0.2, 0.25) is 11.8 Å². The van der Waals surface area contributed by atoms with Gasteiger partial charge in [-0.25, -0.2) is 4.98 Å². The molecular weight excluding hydrogens is 290 g/mol. The molecule has 1 heterocycles. The maximum atomic E-state index is 13.5. The zero-order chi connectivity index (χ0) is 15.5. The third kappa shape index (κ3) is 3.80. The van der Waals surface area contributed by atoms with Crippen molar-refractivity contribution in [3.8, 4) is 11.6 Å². The van der Waals surface area contributed by atoms with Crippen molar-refractivity contribution in [1.82, 2.24) is 9.97 Å². The summed E-state index contributed by atoms with van der Waals surface area (Å²) in [4.78, 5) is 7.42. The molecular formula is C13H11F4N3O. The van der Waals surface area contributed by atoms with Crippen molar-refractivity contribution < 1.29 is 22.3 Å². The Labute approximate surface area is 117 Å². The summed E-state index contributed by atoms with van der Waals surface area (Å²) in [5, 5.41) is 2.75. The van der Waals surface area contributed by atoms with E-state index in [0.717, 1.165) is 18.3 Å². The van der Waals surface area contributed by atoms with Crippen LogP contribution in [0.5, 0.6) is 11.6 Å². The highest BCUT2D eigenvalue weighted by Gasteiger charge is 2.30. The van der Waals surface area contributed by atoms with Gasteiger partial charge < -0.3 is 10.1 Å². The van der Waals surface area contributed by atoms with Crippen LogP contribution in [0.25, 0.3) is 0 Å². The van der Waals surface area contributed by atoms with E-state index in [4.69, 9.17) is 4.74 Å². The summed E-state index contributed by atoms with van der Waals surface area (Å²) >= 11 is 0. The van der Waals surface area contributed by atoms with Crippen LogP contribution < -0.4 is 10.1 Å². The second-order valence-corrected chi connectivity index (χ2v) is 4.00. The van der Waals surface area contributed by atoms with Gasteiger partial charge in [-0.05, 0) is 25.1 Å². The average molecular weight is 301 g/mol. The van der Waals surface area contributed by atoms with Crippen molar-refractivity contribution >= 4 is 5.95 Å². The Morgan fingerprint density at radius 1 is 1.29 bits per heavy atom. The largest absolute Gasteiger partial charge is 0.436 e. The molecule has 0 spiro atoms. The maximum absolute atomic E-state index is 13.5. The number of anilines is 1. The highest BCUT2D eigenvalue weighted by Crippen LogP contribution is 2.32. The average Bonchev–Trinajstić information content (AvgIpc) is 2.42. The molecule has 0 saturated carbocycles. The molecule has 0 radical (unpaired) electrons. The molecule has 21 heavy (non-hydrogen) atoms. The van der Waals surface area contributed by atoms with Crippen LogP contribution in [-0.2, 0) is 6.18 Å². The van der Waals surface area contributed by atoms with Crippen molar-refractivity contribution in [2.75, 3.05) is 11.9 Å². The first-order valence-corrected chi connectivity index (χ1v) is 6.01. The molecule has 1 N–H and O–H groups in total. The lowest BCUT2D eigenvalue weighted by Gasteiger charge is -2.10. The molecule has 1 aromatic heterocycles. The van der Waals surface area contributed by atoms with Crippen molar-refractivity contribution in [1.29, 1.82) is 0 Å². The van der Waals surface area contributed by atoms with Crippen molar-refractivity contribution in [3.63, 3.8) is 0 Å². The van der Waals surface area contributed by atoms with Gasteiger partial charge in [0.05, 0.1) is 11.8 Å². The lowest BCUT2D eigenvalue weighted by Crippen LogP contribution is -2.06. The van der Waals surface area contributed by atoms with Crippen LogP contribution in [0.4, 0.5) is 23.5 Å². The van der Waals surface area contributed by atoms with Crippen LogP contribution in [-0.4, -0.2) is 16.5 Å². The molecule has 0 aliphatic carbocycles. The predicted octanol–water partition coefficient (Wildman–Crippen LogP) is 3.86. The summed E-state index contributed by atoms with van der Waals surface area (Å²) in [7, 11) is 0. The van der Waals surface area contributed by atoms with Gasteiger partial charge in [-0.1, -0.05) is 6.07 Å².